The van der Waals surface area contributed by atoms with Crippen LogP contribution < -0.4 is 0 Å². The maximum atomic E-state index is 13.5. The summed E-state index contributed by atoms with van der Waals surface area (Å²) in [7, 11) is 0. The fourth-order valence-corrected chi connectivity index (χ4v) is 4.85. The molecule has 0 saturated carbocycles. The molecule has 140 valence electrons. The highest BCUT2D eigenvalue weighted by atomic mass is 35.5. The first kappa shape index (κ1) is 18.5. The summed E-state index contributed by atoms with van der Waals surface area (Å²) in [6.07, 6.45) is 0.737. The van der Waals surface area contributed by atoms with E-state index in [0.29, 0.717) is 0 Å². The van der Waals surface area contributed by atoms with Gasteiger partial charge in [0.1, 0.15) is 5.82 Å². The van der Waals surface area contributed by atoms with Crippen LogP contribution in [0.2, 0.25) is 0 Å². The molecule has 27 heavy (non-hydrogen) atoms. The molecule has 2 aromatic carbocycles. The number of carbonyl (C=O) groups is 1. The maximum Gasteiger partial charge on any atom is 0.170 e. The predicted molar refractivity (Wildman–Crippen MR) is 108 cm³/mol. The quantitative estimate of drug-likeness (QED) is 0.533. The van der Waals surface area contributed by atoms with Crippen LogP contribution in [-0.2, 0) is 11.2 Å². The highest BCUT2D eigenvalue weighted by molar-refractivity contribution is 6.54. The number of aromatic nitrogens is 1. The lowest BCUT2D eigenvalue weighted by molar-refractivity contribution is -0.125. The highest BCUT2D eigenvalue weighted by Crippen LogP contribution is 2.52. The van der Waals surface area contributed by atoms with Gasteiger partial charge < -0.3 is 4.98 Å². The van der Waals surface area contributed by atoms with Crippen molar-refractivity contribution in [3.63, 3.8) is 0 Å². The number of alkyl halides is 2. The Morgan fingerprint density at radius 1 is 1.15 bits per heavy atom. The monoisotopic (exact) mass is 403 g/mol. The van der Waals surface area contributed by atoms with Crippen molar-refractivity contribution in [2.24, 2.45) is 11.3 Å². The predicted octanol–water partition coefficient (Wildman–Crippen LogP) is 6.01. The molecular weight excluding hydrogens is 384 g/mol. The van der Waals surface area contributed by atoms with E-state index in [1.54, 1.807) is 12.1 Å². The molecule has 0 bridgehead atoms. The number of rotatable bonds is 3. The van der Waals surface area contributed by atoms with Gasteiger partial charge in [-0.15, -0.1) is 0 Å². The summed E-state index contributed by atoms with van der Waals surface area (Å²) in [5.41, 5.74) is 3.76. The van der Waals surface area contributed by atoms with Crippen LogP contribution in [0.3, 0.4) is 0 Å². The van der Waals surface area contributed by atoms with E-state index in [4.69, 9.17) is 23.2 Å². The second kappa shape index (κ2) is 6.65. The number of ketones is 1. The zero-order valence-electron chi connectivity index (χ0n) is 15.1. The Morgan fingerprint density at radius 2 is 1.81 bits per heavy atom. The Labute approximate surface area is 167 Å². The SMILES string of the molecule is CC1(C)Cc2c([nH]c3ccccc23)[C@H](c2ccc(F)cc2)[C@H]1C(=O)C(Cl)Cl. The fourth-order valence-electron chi connectivity index (χ4n) is 4.57. The second-order valence-electron chi connectivity index (χ2n) is 7.94. The number of nitrogens with one attached hydrogen (secondary N) is 1. The largest absolute Gasteiger partial charge is 0.358 e. The van der Waals surface area contributed by atoms with Crippen LogP contribution in [-0.4, -0.2) is 15.6 Å². The van der Waals surface area contributed by atoms with E-state index in [0.717, 1.165) is 28.6 Å². The van der Waals surface area contributed by atoms with Crippen molar-refractivity contribution in [1.29, 1.82) is 0 Å². The van der Waals surface area contributed by atoms with Crippen molar-refractivity contribution in [2.75, 3.05) is 0 Å². The third kappa shape index (κ3) is 3.07. The first-order valence-corrected chi connectivity index (χ1v) is 9.83. The second-order valence-corrected chi connectivity index (χ2v) is 9.03. The molecule has 0 unspecified atom stereocenters. The topological polar surface area (TPSA) is 32.9 Å². The fraction of sp³-hybridized carbons (Fsp3) is 0.318. The average molecular weight is 404 g/mol. The van der Waals surface area contributed by atoms with Gasteiger partial charge in [0.2, 0.25) is 0 Å². The normalized spacial score (nSPS) is 21.4. The molecule has 4 rings (SSSR count). The van der Waals surface area contributed by atoms with Crippen LogP contribution in [0.15, 0.2) is 48.5 Å². The van der Waals surface area contributed by atoms with Crippen molar-refractivity contribution in [3.8, 4) is 0 Å². The van der Waals surface area contributed by atoms with Crippen LogP contribution in [0.1, 0.15) is 36.6 Å². The number of H-pyrrole nitrogens is 1. The molecule has 0 amide bonds. The summed E-state index contributed by atoms with van der Waals surface area (Å²) >= 11 is 12.0. The summed E-state index contributed by atoms with van der Waals surface area (Å²) < 4.78 is 13.5. The average Bonchev–Trinajstić information content (AvgIpc) is 2.98. The zero-order chi connectivity index (χ0) is 19.3. The minimum absolute atomic E-state index is 0.193. The minimum atomic E-state index is -1.09. The molecule has 1 aliphatic carbocycles. The number of hydrogen-bond donors (Lipinski definition) is 1. The Bertz CT molecular complexity index is 1010. The summed E-state index contributed by atoms with van der Waals surface area (Å²) in [6, 6.07) is 14.5. The van der Waals surface area contributed by atoms with Crippen molar-refractivity contribution in [2.45, 2.75) is 31.0 Å². The van der Waals surface area contributed by atoms with E-state index in [-0.39, 0.29) is 22.9 Å². The van der Waals surface area contributed by atoms with E-state index in [1.165, 1.54) is 17.7 Å². The molecule has 0 fully saturated rings. The van der Waals surface area contributed by atoms with Crippen molar-refractivity contribution in [1.82, 2.24) is 4.98 Å². The van der Waals surface area contributed by atoms with Gasteiger partial charge in [-0.25, -0.2) is 4.39 Å². The van der Waals surface area contributed by atoms with Crippen LogP contribution in [0, 0.1) is 17.2 Å². The van der Waals surface area contributed by atoms with E-state index in [2.05, 4.69) is 24.9 Å². The summed E-state index contributed by atoms with van der Waals surface area (Å²) in [4.78, 5) is 15.5. The minimum Gasteiger partial charge on any atom is -0.358 e. The number of fused-ring (bicyclic) bond motifs is 3. The summed E-state index contributed by atoms with van der Waals surface area (Å²) in [5, 5.41) is 1.16. The Morgan fingerprint density at radius 3 is 2.48 bits per heavy atom. The van der Waals surface area contributed by atoms with Gasteiger partial charge in [-0.3, -0.25) is 4.79 Å². The number of aromatic amines is 1. The lowest BCUT2D eigenvalue weighted by Gasteiger charge is -2.43. The molecule has 2 atom stereocenters. The lowest BCUT2D eigenvalue weighted by atomic mass is 9.60. The molecule has 0 aliphatic heterocycles. The molecule has 1 heterocycles. The number of hydrogen-bond acceptors (Lipinski definition) is 1. The van der Waals surface area contributed by atoms with Gasteiger partial charge in [0, 0.05) is 28.4 Å². The summed E-state index contributed by atoms with van der Waals surface area (Å²) in [5.74, 6) is -1.17. The van der Waals surface area contributed by atoms with Crippen molar-refractivity contribution in [3.05, 3.63) is 71.2 Å². The first-order valence-electron chi connectivity index (χ1n) is 8.96. The molecule has 1 aromatic heterocycles. The molecule has 2 nitrogen and oxygen atoms in total. The number of benzene rings is 2. The van der Waals surface area contributed by atoms with Crippen LogP contribution in [0.5, 0.6) is 0 Å². The molecule has 0 spiro atoms. The van der Waals surface area contributed by atoms with Crippen molar-refractivity contribution < 1.29 is 9.18 Å². The van der Waals surface area contributed by atoms with Gasteiger partial charge in [-0.1, -0.05) is 67.4 Å². The van der Waals surface area contributed by atoms with Crippen LogP contribution >= 0.6 is 23.2 Å². The molecule has 0 radical (unpaired) electrons. The van der Waals surface area contributed by atoms with Gasteiger partial charge in [0.25, 0.3) is 0 Å². The van der Waals surface area contributed by atoms with Crippen LogP contribution in [0.25, 0.3) is 10.9 Å². The van der Waals surface area contributed by atoms with Gasteiger partial charge in [0.05, 0.1) is 0 Å². The maximum absolute atomic E-state index is 13.5. The van der Waals surface area contributed by atoms with Gasteiger partial charge in [-0.2, -0.15) is 0 Å². The van der Waals surface area contributed by atoms with Gasteiger partial charge in [-0.05, 0) is 41.2 Å². The molecule has 1 aliphatic rings. The summed E-state index contributed by atoms with van der Waals surface area (Å²) in [6.45, 7) is 4.15. The standard InChI is InChI=1S/C22H20Cl2FNO/c1-22(2)11-15-14-5-3-4-6-16(14)26-19(15)17(18(22)20(27)21(23)24)12-7-9-13(25)10-8-12/h3-10,17-18,21,26H,11H2,1-2H3/t17-,18+/m1/s1. The number of Topliss-reactive ketones (excluding diaryl/α,β-unsaturated/α-hetero) is 1. The zero-order valence-corrected chi connectivity index (χ0v) is 16.6. The van der Waals surface area contributed by atoms with Gasteiger partial charge >= 0.3 is 0 Å². The first-order chi connectivity index (χ1) is 12.8. The Balaban J connectivity index is 1.99. The lowest BCUT2D eigenvalue weighted by Crippen LogP contribution is -2.43. The number of carbonyl (C=O) groups excluding carboxylic acids is 1. The highest BCUT2D eigenvalue weighted by Gasteiger charge is 2.48. The molecule has 0 saturated heterocycles. The molecule has 1 N–H and O–H groups in total. The van der Waals surface area contributed by atoms with Gasteiger partial charge in [0.15, 0.2) is 10.6 Å². The van der Waals surface area contributed by atoms with Crippen molar-refractivity contribution >= 4 is 39.9 Å². The van der Waals surface area contributed by atoms with E-state index < -0.39 is 10.8 Å². The smallest absolute Gasteiger partial charge is 0.170 e. The third-order valence-electron chi connectivity index (χ3n) is 5.72. The third-order valence-corrected chi connectivity index (χ3v) is 6.15. The van der Waals surface area contributed by atoms with E-state index >= 15 is 0 Å². The van der Waals surface area contributed by atoms with E-state index in [1.807, 2.05) is 18.2 Å². The number of para-hydroxylation sites is 1. The Hall–Kier alpha value is -1.84. The van der Waals surface area contributed by atoms with Crippen LogP contribution in [0.4, 0.5) is 4.39 Å². The van der Waals surface area contributed by atoms with E-state index in [9.17, 15) is 9.18 Å². The Kier molecular flexibility index (Phi) is 4.56. The molecule has 5 heteroatoms. The molecule has 3 aromatic rings. The molecular formula is C22H20Cl2FNO. The number of halogens is 3.